The number of hydrogen-bond acceptors (Lipinski definition) is 8. The molecule has 0 bridgehead atoms. The predicted octanol–water partition coefficient (Wildman–Crippen LogP) is 3.24. The lowest BCUT2D eigenvalue weighted by Gasteiger charge is -2.09. The van der Waals surface area contributed by atoms with Crippen LogP contribution in [-0.4, -0.2) is 41.8 Å². The Balaban J connectivity index is 2.06. The smallest absolute Gasteiger partial charge is 0.343 e. The predicted molar refractivity (Wildman–Crippen MR) is 110 cm³/mol. The van der Waals surface area contributed by atoms with Crippen molar-refractivity contribution in [3.63, 3.8) is 0 Å². The lowest BCUT2D eigenvalue weighted by atomic mass is 10.1. The average Bonchev–Trinajstić information content (AvgIpc) is 3.12. The van der Waals surface area contributed by atoms with Gasteiger partial charge >= 0.3 is 11.9 Å². The quantitative estimate of drug-likeness (QED) is 0.268. The van der Waals surface area contributed by atoms with Gasteiger partial charge in [-0.05, 0) is 38.0 Å². The molecular weight excluding hydrogens is 409 g/mol. The third-order valence-electron chi connectivity index (χ3n) is 4.25. The number of hydrogen-bond donors (Lipinski definition) is 3. The maximum Gasteiger partial charge on any atom is 0.343 e. The standard InChI is InChI=1S/C21H22FN3O6/c1-3-29-21(28)14-11-23-10-13-17(24-16-6-5-12(2)9-15(16)22)19(31-18(13)14)20(27)25-30-8-4-7-26/h5-6,9-11,24,26H,3-4,7-8H2,1-2H3,(H,25,27). The van der Waals surface area contributed by atoms with Crippen molar-refractivity contribution >= 4 is 34.2 Å². The Labute approximate surface area is 177 Å². The van der Waals surface area contributed by atoms with Crippen LogP contribution in [0.25, 0.3) is 11.0 Å². The molecule has 3 rings (SSSR count). The molecular formula is C21H22FN3O6. The number of benzene rings is 1. The molecule has 9 nitrogen and oxygen atoms in total. The van der Waals surface area contributed by atoms with Gasteiger partial charge in [0.1, 0.15) is 17.1 Å². The van der Waals surface area contributed by atoms with E-state index in [-0.39, 0.29) is 53.5 Å². The van der Waals surface area contributed by atoms with Gasteiger partial charge in [-0.15, -0.1) is 0 Å². The van der Waals surface area contributed by atoms with E-state index in [1.165, 1.54) is 24.5 Å². The Hall–Kier alpha value is -3.50. The van der Waals surface area contributed by atoms with Crippen molar-refractivity contribution in [3.8, 4) is 0 Å². The van der Waals surface area contributed by atoms with Crippen LogP contribution in [0.5, 0.6) is 0 Å². The molecule has 10 heteroatoms. The molecule has 0 unspecified atom stereocenters. The van der Waals surface area contributed by atoms with E-state index in [2.05, 4.69) is 15.8 Å². The average molecular weight is 431 g/mol. The molecule has 1 aromatic carbocycles. The highest BCUT2D eigenvalue weighted by atomic mass is 19.1. The number of aryl methyl sites for hydroxylation is 1. The molecule has 164 valence electrons. The largest absolute Gasteiger partial charge is 0.462 e. The molecule has 0 fully saturated rings. The van der Waals surface area contributed by atoms with Crippen molar-refractivity contribution in [1.29, 1.82) is 0 Å². The Morgan fingerprint density at radius 3 is 2.81 bits per heavy atom. The summed E-state index contributed by atoms with van der Waals surface area (Å²) in [4.78, 5) is 34.0. The molecule has 0 saturated carbocycles. The molecule has 0 spiro atoms. The molecule has 0 aliphatic heterocycles. The summed E-state index contributed by atoms with van der Waals surface area (Å²) >= 11 is 0. The normalized spacial score (nSPS) is 10.8. The fourth-order valence-corrected chi connectivity index (χ4v) is 2.81. The van der Waals surface area contributed by atoms with E-state index in [1.807, 2.05) is 0 Å². The Morgan fingerprint density at radius 1 is 1.29 bits per heavy atom. The van der Waals surface area contributed by atoms with Gasteiger partial charge in [0.15, 0.2) is 5.58 Å². The fraction of sp³-hybridized carbons (Fsp3) is 0.286. The number of amides is 1. The Morgan fingerprint density at radius 2 is 2.10 bits per heavy atom. The van der Waals surface area contributed by atoms with Crippen LogP contribution in [0.3, 0.4) is 0 Å². The number of pyridine rings is 1. The van der Waals surface area contributed by atoms with Crippen LogP contribution >= 0.6 is 0 Å². The minimum Gasteiger partial charge on any atom is -0.462 e. The molecule has 0 saturated heterocycles. The number of furan rings is 1. The minimum atomic E-state index is -0.765. The van der Waals surface area contributed by atoms with Gasteiger partial charge in [0.05, 0.1) is 24.3 Å². The van der Waals surface area contributed by atoms with E-state index in [1.54, 1.807) is 19.9 Å². The van der Waals surface area contributed by atoms with E-state index in [4.69, 9.17) is 19.1 Å². The number of hydroxylamine groups is 1. The van der Waals surface area contributed by atoms with Crippen LogP contribution in [0.4, 0.5) is 15.8 Å². The van der Waals surface area contributed by atoms with Crippen molar-refractivity contribution in [3.05, 3.63) is 53.3 Å². The summed E-state index contributed by atoms with van der Waals surface area (Å²) in [5.41, 5.74) is 3.22. The number of anilines is 2. The van der Waals surface area contributed by atoms with Gasteiger partial charge < -0.3 is 19.6 Å². The van der Waals surface area contributed by atoms with E-state index in [9.17, 15) is 14.0 Å². The molecule has 0 atom stereocenters. The third kappa shape index (κ3) is 4.98. The van der Waals surface area contributed by atoms with Crippen LogP contribution in [0.1, 0.15) is 39.8 Å². The summed E-state index contributed by atoms with van der Waals surface area (Å²) in [6.45, 7) is 3.52. The maximum atomic E-state index is 14.4. The third-order valence-corrected chi connectivity index (χ3v) is 4.25. The molecule has 0 aliphatic carbocycles. The topological polar surface area (TPSA) is 123 Å². The zero-order valence-corrected chi connectivity index (χ0v) is 17.0. The minimum absolute atomic E-state index is 0.0204. The van der Waals surface area contributed by atoms with Gasteiger partial charge in [-0.3, -0.25) is 14.6 Å². The van der Waals surface area contributed by atoms with Crippen molar-refractivity contribution in [2.45, 2.75) is 20.3 Å². The number of nitrogens with zero attached hydrogens (tertiary/aromatic N) is 1. The van der Waals surface area contributed by atoms with Crippen molar-refractivity contribution in [1.82, 2.24) is 10.5 Å². The van der Waals surface area contributed by atoms with Gasteiger partial charge in [-0.1, -0.05) is 6.07 Å². The summed E-state index contributed by atoms with van der Waals surface area (Å²) in [6, 6.07) is 4.56. The first-order chi connectivity index (χ1) is 15.0. The second kappa shape index (κ2) is 10.0. The Bertz CT molecular complexity index is 1100. The zero-order valence-electron chi connectivity index (χ0n) is 17.0. The van der Waals surface area contributed by atoms with Gasteiger partial charge in [0, 0.05) is 19.0 Å². The number of nitrogens with one attached hydrogen (secondary N) is 2. The molecule has 0 aliphatic rings. The lowest BCUT2D eigenvalue weighted by Crippen LogP contribution is -2.24. The molecule has 0 radical (unpaired) electrons. The van der Waals surface area contributed by atoms with Gasteiger partial charge in [-0.2, -0.15) is 0 Å². The first-order valence-electron chi connectivity index (χ1n) is 9.60. The molecule has 2 aromatic heterocycles. The summed E-state index contributed by atoms with van der Waals surface area (Å²) in [5.74, 6) is -2.21. The van der Waals surface area contributed by atoms with Crippen molar-refractivity contribution in [2.75, 3.05) is 25.1 Å². The fourth-order valence-electron chi connectivity index (χ4n) is 2.81. The number of aromatic nitrogens is 1. The van der Waals surface area contributed by atoms with Crippen molar-refractivity contribution < 1.29 is 33.1 Å². The Kier molecular flexibility index (Phi) is 7.16. The van der Waals surface area contributed by atoms with E-state index in [0.717, 1.165) is 5.56 Å². The number of carbonyl (C=O) groups is 2. The summed E-state index contributed by atoms with van der Waals surface area (Å²) < 4.78 is 25.1. The highest BCUT2D eigenvalue weighted by Gasteiger charge is 2.26. The number of aliphatic hydroxyl groups excluding tert-OH is 1. The highest BCUT2D eigenvalue weighted by molar-refractivity contribution is 6.11. The van der Waals surface area contributed by atoms with Crippen LogP contribution < -0.4 is 10.8 Å². The monoisotopic (exact) mass is 431 g/mol. The van der Waals surface area contributed by atoms with E-state index in [0.29, 0.717) is 6.42 Å². The molecule has 31 heavy (non-hydrogen) atoms. The maximum absolute atomic E-state index is 14.4. The van der Waals surface area contributed by atoms with E-state index >= 15 is 0 Å². The second-order valence-corrected chi connectivity index (χ2v) is 6.56. The van der Waals surface area contributed by atoms with Gasteiger partial charge in [-0.25, -0.2) is 14.7 Å². The second-order valence-electron chi connectivity index (χ2n) is 6.56. The number of rotatable bonds is 9. The molecule has 3 N–H and O–H groups in total. The SMILES string of the molecule is CCOC(=O)c1cncc2c(Nc3ccc(C)cc3F)c(C(=O)NOCCCO)oc12. The number of fused-ring (bicyclic) bond motifs is 1. The van der Waals surface area contributed by atoms with Crippen LogP contribution in [0, 0.1) is 12.7 Å². The van der Waals surface area contributed by atoms with Crippen molar-refractivity contribution in [2.24, 2.45) is 0 Å². The highest BCUT2D eigenvalue weighted by Crippen LogP contribution is 2.35. The lowest BCUT2D eigenvalue weighted by molar-refractivity contribution is 0.0243. The molecule has 1 amide bonds. The van der Waals surface area contributed by atoms with Gasteiger partial charge in [0.2, 0.25) is 5.76 Å². The van der Waals surface area contributed by atoms with Gasteiger partial charge in [0.25, 0.3) is 0 Å². The summed E-state index contributed by atoms with van der Waals surface area (Å²) in [5, 5.41) is 12.0. The summed E-state index contributed by atoms with van der Waals surface area (Å²) in [6.07, 6.45) is 2.97. The number of ether oxygens (including phenoxy) is 1. The number of esters is 1. The number of halogens is 1. The molecule has 2 heterocycles. The van der Waals surface area contributed by atoms with Crippen LogP contribution in [0.2, 0.25) is 0 Å². The first-order valence-corrected chi connectivity index (χ1v) is 9.60. The molecule has 3 aromatic rings. The zero-order chi connectivity index (χ0) is 22.4. The number of carbonyl (C=O) groups excluding carboxylic acids is 2. The summed E-state index contributed by atoms with van der Waals surface area (Å²) in [7, 11) is 0. The van der Waals surface area contributed by atoms with Crippen LogP contribution in [-0.2, 0) is 9.57 Å². The first kappa shape index (κ1) is 22.2. The number of aliphatic hydroxyl groups is 1. The van der Waals surface area contributed by atoms with E-state index < -0.39 is 17.7 Å². The van der Waals surface area contributed by atoms with Crippen LogP contribution in [0.15, 0.2) is 35.0 Å².